The molecule has 2 aliphatic rings. The number of allylic oxidation sites excluding steroid dienone is 1. The minimum atomic E-state index is -0.929. The molecule has 9 nitrogen and oxygen atoms in total. The molecule has 9 heteroatoms. The van der Waals surface area contributed by atoms with E-state index in [4.69, 9.17) is 4.84 Å². The zero-order valence-corrected chi connectivity index (χ0v) is 20.8. The first-order valence-electron chi connectivity index (χ1n) is 11.8. The number of rotatable bonds is 7. The van der Waals surface area contributed by atoms with E-state index >= 15 is 0 Å². The van der Waals surface area contributed by atoms with Crippen molar-refractivity contribution in [2.75, 3.05) is 13.2 Å². The second kappa shape index (κ2) is 13.3. The van der Waals surface area contributed by atoms with Crippen molar-refractivity contribution in [3.63, 3.8) is 0 Å². The monoisotopic (exact) mass is 482 g/mol. The number of amides is 3. The van der Waals surface area contributed by atoms with E-state index < -0.39 is 35.8 Å². The molecule has 0 spiro atoms. The molecule has 1 N–H and O–H groups in total. The number of benzene rings is 1. The van der Waals surface area contributed by atoms with Gasteiger partial charge in [0.2, 0.25) is 0 Å². The molecule has 1 aromatic carbocycles. The minimum Gasteiger partial charge on any atom is -0.340 e. The van der Waals surface area contributed by atoms with Crippen LogP contribution in [0, 0.1) is 0 Å². The first-order chi connectivity index (χ1) is 16.8. The van der Waals surface area contributed by atoms with Crippen LogP contribution in [-0.2, 0) is 19.2 Å². The third kappa shape index (κ3) is 6.51. The normalized spacial score (nSPS) is 20.2. The highest BCUT2D eigenvalue weighted by Crippen LogP contribution is 2.28. The van der Waals surface area contributed by atoms with Gasteiger partial charge >= 0.3 is 0 Å². The lowest BCUT2D eigenvalue weighted by Crippen LogP contribution is -2.52. The average Bonchev–Trinajstić information content (AvgIpc) is 3.44. The van der Waals surface area contributed by atoms with Crippen molar-refractivity contribution in [2.45, 2.75) is 58.7 Å². The number of nitrogens with zero attached hydrogens (tertiary/aromatic N) is 3. The van der Waals surface area contributed by atoms with Crippen LogP contribution >= 0.6 is 0 Å². The van der Waals surface area contributed by atoms with Gasteiger partial charge in [-0.15, -0.1) is 0 Å². The van der Waals surface area contributed by atoms with Crippen molar-refractivity contribution >= 4 is 29.2 Å². The van der Waals surface area contributed by atoms with Crippen LogP contribution in [0.25, 0.3) is 0 Å². The van der Waals surface area contributed by atoms with Crippen LogP contribution in [0.3, 0.4) is 0 Å². The summed E-state index contributed by atoms with van der Waals surface area (Å²) in [5, 5.41) is 3.71. The summed E-state index contributed by atoms with van der Waals surface area (Å²) < 4.78 is 0. The summed E-state index contributed by atoms with van der Waals surface area (Å²) in [7, 11) is 0. The first-order valence-corrected chi connectivity index (χ1v) is 11.8. The van der Waals surface area contributed by atoms with E-state index in [9.17, 15) is 19.2 Å². The van der Waals surface area contributed by atoms with Gasteiger partial charge < -0.3 is 10.2 Å². The van der Waals surface area contributed by atoms with Gasteiger partial charge in [0, 0.05) is 11.8 Å². The Kier molecular flexibility index (Phi) is 10.5. The van der Waals surface area contributed by atoms with Crippen LogP contribution in [0.5, 0.6) is 0 Å². The highest BCUT2D eigenvalue weighted by Gasteiger charge is 2.54. The zero-order chi connectivity index (χ0) is 26.0. The van der Waals surface area contributed by atoms with E-state index in [1.165, 1.54) is 23.6 Å². The Bertz CT molecular complexity index is 989. The molecule has 3 atom stereocenters. The molecule has 0 aliphatic carbocycles. The Balaban J connectivity index is 0.00000137. The van der Waals surface area contributed by atoms with Crippen LogP contribution in [0.1, 0.15) is 50.9 Å². The number of carbonyl (C=O) groups is 4. The molecule has 3 amide bonds. The molecular formula is C26H34N4O5. The van der Waals surface area contributed by atoms with Crippen molar-refractivity contribution in [1.82, 2.24) is 15.3 Å². The van der Waals surface area contributed by atoms with Crippen molar-refractivity contribution < 1.29 is 24.0 Å². The van der Waals surface area contributed by atoms with Crippen LogP contribution in [0.2, 0.25) is 0 Å². The maximum Gasteiger partial charge on any atom is 0.273 e. The van der Waals surface area contributed by atoms with Gasteiger partial charge in [-0.25, -0.2) is 5.06 Å². The van der Waals surface area contributed by atoms with Gasteiger partial charge in [0.1, 0.15) is 17.8 Å². The number of carbonyl (C=O) groups excluding carboxylic acids is 4. The number of aliphatic imine (C=N–C) groups is 1. The minimum absolute atomic E-state index is 0.00894. The second-order valence-electron chi connectivity index (χ2n) is 8.08. The Hall–Kier alpha value is -3.59. The zero-order valence-electron chi connectivity index (χ0n) is 20.8. The number of hydrogen-bond acceptors (Lipinski definition) is 6. The van der Waals surface area contributed by atoms with E-state index in [2.05, 4.69) is 30.7 Å². The van der Waals surface area contributed by atoms with Crippen LogP contribution in [0.4, 0.5) is 0 Å². The van der Waals surface area contributed by atoms with E-state index in [1.807, 2.05) is 0 Å². The molecule has 2 heterocycles. The highest BCUT2D eigenvalue weighted by molar-refractivity contribution is 6.43. The van der Waals surface area contributed by atoms with Crippen molar-refractivity contribution in [2.24, 2.45) is 4.99 Å². The molecule has 3 rings (SSSR count). The third-order valence-electron chi connectivity index (χ3n) is 5.36. The maximum absolute atomic E-state index is 13.1. The lowest BCUT2D eigenvalue weighted by molar-refractivity contribution is -0.180. The van der Waals surface area contributed by atoms with E-state index in [-0.39, 0.29) is 24.6 Å². The number of Topliss-reactive ketones (excluding diaryl/α,β-unsaturated/α-hetero) is 1. The van der Waals surface area contributed by atoms with E-state index in [0.29, 0.717) is 12.0 Å². The van der Waals surface area contributed by atoms with E-state index in [1.54, 1.807) is 50.3 Å². The number of ketones is 1. The van der Waals surface area contributed by atoms with Gasteiger partial charge in [-0.2, -0.15) is 0 Å². The molecule has 1 unspecified atom stereocenters. The van der Waals surface area contributed by atoms with Crippen molar-refractivity contribution in [1.29, 1.82) is 0 Å². The van der Waals surface area contributed by atoms with Gasteiger partial charge in [0.25, 0.3) is 17.7 Å². The standard InChI is InChI=1S/C23H26N4O5.C3H8/c1-4-12-24-16(5-2)22(30)26-13-19(28)20-18(26)14-32-27(20)23(31)17(6-3)25-21(29)15-10-8-7-9-11-15;1-3-2/h4-5,7-12,17-18,20H,2,6,13-14H2,1,3H3,(H,25,29);3H2,1-2H3/b12-4-,24-16?;/t17-,18+,20?;/m0./s1. The number of fused-ring (bicyclic) bond motifs is 1. The molecular weight excluding hydrogens is 448 g/mol. The van der Waals surface area contributed by atoms with Gasteiger partial charge in [0.15, 0.2) is 5.78 Å². The fourth-order valence-corrected chi connectivity index (χ4v) is 3.71. The first kappa shape index (κ1) is 27.7. The van der Waals surface area contributed by atoms with E-state index in [0.717, 1.165) is 5.06 Å². The molecule has 0 aromatic heterocycles. The van der Waals surface area contributed by atoms with Crippen molar-refractivity contribution in [3.05, 3.63) is 60.8 Å². The Labute approximate surface area is 206 Å². The van der Waals surface area contributed by atoms with Gasteiger partial charge in [0.05, 0.1) is 19.2 Å². The Morgan fingerprint density at radius 1 is 1.23 bits per heavy atom. The molecule has 2 aliphatic heterocycles. The molecule has 188 valence electrons. The summed E-state index contributed by atoms with van der Waals surface area (Å²) in [6.07, 6.45) is 6.02. The van der Waals surface area contributed by atoms with Crippen LogP contribution < -0.4 is 5.32 Å². The lowest BCUT2D eigenvalue weighted by atomic mass is 10.1. The summed E-state index contributed by atoms with van der Waals surface area (Å²) in [6, 6.07) is 6.10. The highest BCUT2D eigenvalue weighted by atomic mass is 16.7. The summed E-state index contributed by atoms with van der Waals surface area (Å²) in [4.78, 5) is 62.1. The fraction of sp³-hybridized carbons (Fsp3) is 0.423. The lowest BCUT2D eigenvalue weighted by Gasteiger charge is -2.25. The molecule has 35 heavy (non-hydrogen) atoms. The largest absolute Gasteiger partial charge is 0.340 e. The maximum atomic E-state index is 13.1. The smallest absolute Gasteiger partial charge is 0.273 e. The van der Waals surface area contributed by atoms with Crippen LogP contribution in [-0.4, -0.2) is 70.5 Å². The van der Waals surface area contributed by atoms with Gasteiger partial charge in [-0.1, -0.05) is 58.0 Å². The molecule has 0 saturated carbocycles. The summed E-state index contributed by atoms with van der Waals surface area (Å²) in [5.74, 6) is -1.69. The van der Waals surface area contributed by atoms with Gasteiger partial charge in [-0.3, -0.25) is 29.0 Å². The topological polar surface area (TPSA) is 108 Å². The molecule has 0 radical (unpaired) electrons. The number of likely N-dealkylation sites (tertiary alicyclic amines) is 1. The Morgan fingerprint density at radius 3 is 2.46 bits per heavy atom. The SMILES string of the molecule is C=CC(=N/C=C\C)C(=O)N1CC(=O)C2[C@H]1CON2C(=O)[C@H](CC)NC(=O)c1ccccc1.CCC. The van der Waals surface area contributed by atoms with Crippen molar-refractivity contribution in [3.8, 4) is 0 Å². The number of hydroxylamine groups is 2. The molecule has 1 aromatic rings. The van der Waals surface area contributed by atoms with Crippen LogP contribution in [0.15, 0.2) is 60.3 Å². The predicted molar refractivity (Wildman–Crippen MR) is 133 cm³/mol. The second-order valence-corrected chi connectivity index (χ2v) is 8.08. The molecule has 2 fully saturated rings. The third-order valence-corrected chi connectivity index (χ3v) is 5.36. The summed E-state index contributed by atoms with van der Waals surface area (Å²) in [6.45, 7) is 11.2. The fourth-order valence-electron chi connectivity index (χ4n) is 3.71. The number of hydrogen-bond donors (Lipinski definition) is 1. The molecule has 2 saturated heterocycles. The average molecular weight is 483 g/mol. The number of nitrogens with one attached hydrogen (secondary N) is 1. The Morgan fingerprint density at radius 2 is 1.89 bits per heavy atom. The predicted octanol–water partition coefficient (Wildman–Crippen LogP) is 2.69. The summed E-state index contributed by atoms with van der Waals surface area (Å²) in [5.41, 5.74) is 0.521. The van der Waals surface area contributed by atoms with Gasteiger partial charge in [-0.05, 0) is 31.6 Å². The quantitative estimate of drug-likeness (QED) is 0.601. The molecule has 0 bridgehead atoms. The summed E-state index contributed by atoms with van der Waals surface area (Å²) >= 11 is 0.